The van der Waals surface area contributed by atoms with Crippen molar-refractivity contribution in [2.75, 3.05) is 31.6 Å². The molecule has 1 saturated heterocycles. The van der Waals surface area contributed by atoms with Crippen LogP contribution in [0.1, 0.15) is 30.4 Å². The van der Waals surface area contributed by atoms with Crippen molar-refractivity contribution >= 4 is 11.6 Å². The van der Waals surface area contributed by atoms with E-state index in [-0.39, 0.29) is 24.9 Å². The van der Waals surface area contributed by atoms with E-state index < -0.39 is 5.60 Å². The highest BCUT2D eigenvalue weighted by Gasteiger charge is 2.31. The molecule has 2 aromatic carbocycles. The van der Waals surface area contributed by atoms with E-state index in [1.807, 2.05) is 30.0 Å². The Morgan fingerprint density at radius 2 is 2.00 bits per heavy atom. The lowest BCUT2D eigenvalue weighted by Crippen LogP contribution is -2.38. The summed E-state index contributed by atoms with van der Waals surface area (Å²) < 4.78 is 19.1. The van der Waals surface area contributed by atoms with Gasteiger partial charge in [0.2, 0.25) is 5.91 Å². The Kier molecular flexibility index (Phi) is 6.87. The summed E-state index contributed by atoms with van der Waals surface area (Å²) in [5, 5.41) is 13.7. The molecule has 1 amide bonds. The Bertz CT molecular complexity index is 858. The number of carbonyl (C=O) groups excluding carboxylic acids is 1. The number of ether oxygens (including phenoxy) is 1. The number of hydrogen-bond acceptors (Lipinski definition) is 4. The normalized spacial score (nSPS) is 20.1. The number of rotatable bonds is 6. The summed E-state index contributed by atoms with van der Waals surface area (Å²) in [5.74, 6) is 0.191. The number of anilines is 1. The Hall–Kier alpha value is -2.44. The van der Waals surface area contributed by atoms with Crippen molar-refractivity contribution in [1.82, 2.24) is 4.90 Å². The van der Waals surface area contributed by atoms with Crippen molar-refractivity contribution in [3.8, 4) is 5.75 Å². The highest BCUT2D eigenvalue weighted by molar-refractivity contribution is 5.92. The Morgan fingerprint density at radius 3 is 2.76 bits per heavy atom. The van der Waals surface area contributed by atoms with Crippen LogP contribution >= 0.6 is 0 Å². The predicted molar refractivity (Wildman–Crippen MR) is 112 cm³/mol. The van der Waals surface area contributed by atoms with E-state index in [0.717, 1.165) is 24.3 Å². The average Bonchev–Trinajstić information content (AvgIpc) is 2.85. The molecule has 156 valence electrons. The molecular weight excluding hydrogens is 371 g/mol. The molecule has 0 saturated carbocycles. The van der Waals surface area contributed by atoms with Gasteiger partial charge in [0.05, 0.1) is 12.1 Å². The molecule has 2 N–H and O–H groups in total. The van der Waals surface area contributed by atoms with Crippen molar-refractivity contribution in [1.29, 1.82) is 0 Å². The first-order valence-corrected chi connectivity index (χ1v) is 10.0. The topological polar surface area (TPSA) is 61.8 Å². The van der Waals surface area contributed by atoms with E-state index in [2.05, 4.69) is 12.2 Å². The van der Waals surface area contributed by atoms with Crippen molar-refractivity contribution in [3.05, 3.63) is 59.4 Å². The Morgan fingerprint density at radius 1 is 1.17 bits per heavy atom. The Labute approximate surface area is 171 Å². The van der Waals surface area contributed by atoms with Crippen molar-refractivity contribution in [3.63, 3.8) is 0 Å². The molecule has 1 heterocycles. The summed E-state index contributed by atoms with van der Waals surface area (Å²) in [7, 11) is 0. The number of aliphatic hydroxyl groups is 1. The molecular formula is C23H29FN2O3. The van der Waals surface area contributed by atoms with Gasteiger partial charge in [-0.1, -0.05) is 12.1 Å². The number of amides is 1. The smallest absolute Gasteiger partial charge is 0.238 e. The van der Waals surface area contributed by atoms with Crippen molar-refractivity contribution in [2.45, 2.75) is 38.7 Å². The first-order valence-electron chi connectivity index (χ1n) is 10.0. The molecule has 0 aliphatic carbocycles. The van der Waals surface area contributed by atoms with Crippen LogP contribution in [0.15, 0.2) is 42.5 Å². The van der Waals surface area contributed by atoms with E-state index >= 15 is 0 Å². The number of benzene rings is 2. The van der Waals surface area contributed by atoms with Gasteiger partial charge in [-0.3, -0.25) is 9.69 Å². The predicted octanol–water partition coefficient (Wildman–Crippen LogP) is 3.68. The van der Waals surface area contributed by atoms with Crippen LogP contribution in [0.3, 0.4) is 0 Å². The maximum absolute atomic E-state index is 13.3. The highest BCUT2D eigenvalue weighted by Crippen LogP contribution is 2.25. The molecule has 6 heteroatoms. The number of nitrogens with zero attached hydrogens (tertiary/aromatic N) is 1. The number of carbonyl (C=O) groups is 1. The van der Waals surface area contributed by atoms with Gasteiger partial charge in [0, 0.05) is 12.2 Å². The van der Waals surface area contributed by atoms with Crippen LogP contribution in [-0.4, -0.2) is 47.8 Å². The molecule has 29 heavy (non-hydrogen) atoms. The molecule has 1 aliphatic rings. The molecule has 1 fully saturated rings. The molecule has 1 unspecified atom stereocenters. The maximum atomic E-state index is 13.3. The Balaban J connectivity index is 1.49. The summed E-state index contributed by atoms with van der Waals surface area (Å²) in [6, 6.07) is 11.8. The molecule has 1 atom stereocenters. The summed E-state index contributed by atoms with van der Waals surface area (Å²) >= 11 is 0. The van der Waals surface area contributed by atoms with E-state index in [9.17, 15) is 14.3 Å². The van der Waals surface area contributed by atoms with E-state index in [1.54, 1.807) is 12.1 Å². The van der Waals surface area contributed by atoms with Crippen molar-refractivity contribution < 1.29 is 19.0 Å². The molecule has 3 rings (SSSR count). The van der Waals surface area contributed by atoms with Gasteiger partial charge in [0.1, 0.15) is 18.2 Å². The number of nitrogens with one attached hydrogen (secondary N) is 1. The summed E-state index contributed by atoms with van der Waals surface area (Å²) in [6.07, 6.45) is 1.94. The molecule has 0 spiro atoms. The van der Waals surface area contributed by atoms with Gasteiger partial charge in [0.15, 0.2) is 0 Å². The second-order valence-electron chi connectivity index (χ2n) is 7.95. The molecule has 0 radical (unpaired) electrons. The zero-order chi connectivity index (χ0) is 20.9. The van der Waals surface area contributed by atoms with Crippen LogP contribution in [0.5, 0.6) is 5.75 Å². The second kappa shape index (κ2) is 9.37. The van der Waals surface area contributed by atoms with Gasteiger partial charge in [-0.25, -0.2) is 4.39 Å². The van der Waals surface area contributed by atoms with E-state index in [1.165, 1.54) is 17.7 Å². The van der Waals surface area contributed by atoms with Gasteiger partial charge in [-0.2, -0.15) is 0 Å². The van der Waals surface area contributed by atoms with Crippen LogP contribution < -0.4 is 10.1 Å². The third kappa shape index (κ3) is 6.27. The fourth-order valence-electron chi connectivity index (χ4n) is 3.53. The van der Waals surface area contributed by atoms with Crippen LogP contribution in [0.25, 0.3) is 0 Å². The number of halogens is 1. The first kappa shape index (κ1) is 21.3. The summed E-state index contributed by atoms with van der Waals surface area (Å²) in [5.41, 5.74) is 1.90. The quantitative estimate of drug-likeness (QED) is 0.777. The van der Waals surface area contributed by atoms with Crippen LogP contribution in [0.2, 0.25) is 0 Å². The fourth-order valence-corrected chi connectivity index (χ4v) is 3.53. The average molecular weight is 400 g/mol. The van der Waals surface area contributed by atoms with Gasteiger partial charge in [-0.15, -0.1) is 0 Å². The third-order valence-corrected chi connectivity index (χ3v) is 5.47. The lowest BCUT2D eigenvalue weighted by atomic mass is 9.96. The third-order valence-electron chi connectivity index (χ3n) is 5.47. The highest BCUT2D eigenvalue weighted by atomic mass is 19.1. The molecule has 1 aliphatic heterocycles. The zero-order valence-corrected chi connectivity index (χ0v) is 17.1. The first-order chi connectivity index (χ1) is 13.8. The fraction of sp³-hybridized carbons (Fsp3) is 0.435. The van der Waals surface area contributed by atoms with Gasteiger partial charge in [0.25, 0.3) is 0 Å². The number of hydrogen-bond donors (Lipinski definition) is 2. The summed E-state index contributed by atoms with van der Waals surface area (Å²) in [4.78, 5) is 14.3. The van der Waals surface area contributed by atoms with Gasteiger partial charge >= 0.3 is 0 Å². The monoisotopic (exact) mass is 400 g/mol. The molecule has 0 bridgehead atoms. The molecule has 2 aromatic rings. The van der Waals surface area contributed by atoms with E-state index in [0.29, 0.717) is 25.1 Å². The van der Waals surface area contributed by atoms with Gasteiger partial charge < -0.3 is 15.2 Å². The van der Waals surface area contributed by atoms with Gasteiger partial charge in [-0.05, 0) is 81.1 Å². The zero-order valence-electron chi connectivity index (χ0n) is 17.1. The molecule has 5 nitrogen and oxygen atoms in total. The minimum atomic E-state index is -0.910. The lowest BCUT2D eigenvalue weighted by molar-refractivity contribution is -0.117. The van der Waals surface area contributed by atoms with Crippen LogP contribution in [-0.2, 0) is 4.79 Å². The SMILES string of the molecule is Cc1ccc(OCC2(O)CCCN(CC(=O)Nc3cccc(F)c3)CC2)cc1C. The maximum Gasteiger partial charge on any atom is 0.238 e. The van der Waals surface area contributed by atoms with Crippen LogP contribution in [0, 0.1) is 19.7 Å². The van der Waals surface area contributed by atoms with Crippen LogP contribution in [0.4, 0.5) is 10.1 Å². The van der Waals surface area contributed by atoms with E-state index in [4.69, 9.17) is 4.74 Å². The summed E-state index contributed by atoms with van der Waals surface area (Å²) in [6.45, 7) is 5.86. The molecule has 0 aromatic heterocycles. The number of aryl methyl sites for hydroxylation is 2. The van der Waals surface area contributed by atoms with Crippen molar-refractivity contribution in [2.24, 2.45) is 0 Å². The second-order valence-corrected chi connectivity index (χ2v) is 7.95. The lowest BCUT2D eigenvalue weighted by Gasteiger charge is -2.27. The largest absolute Gasteiger partial charge is 0.491 e. The minimum Gasteiger partial charge on any atom is -0.491 e. The number of likely N-dealkylation sites (tertiary alicyclic amines) is 1. The minimum absolute atomic E-state index is 0.188. The standard InChI is InChI=1S/C23H29FN2O3/c1-17-7-8-21(13-18(17)2)29-16-23(28)9-4-11-26(12-10-23)15-22(27)25-20-6-3-5-19(24)14-20/h3,5-8,13-14,28H,4,9-12,15-16H2,1-2H3,(H,25,27).